The lowest BCUT2D eigenvalue weighted by Gasteiger charge is -2.08. The molecule has 0 spiro atoms. The Balaban J connectivity index is 2.92. The first-order valence-corrected chi connectivity index (χ1v) is 5.09. The van der Waals surface area contributed by atoms with Crippen molar-refractivity contribution in [1.29, 1.82) is 0 Å². The van der Waals surface area contributed by atoms with Crippen LogP contribution in [0.1, 0.15) is 27.2 Å². The van der Waals surface area contributed by atoms with Crippen molar-refractivity contribution in [3.8, 4) is 0 Å². The first kappa shape index (κ1) is 12.9. The minimum atomic E-state index is -0.268. The van der Waals surface area contributed by atoms with Crippen LogP contribution in [0.15, 0.2) is 0 Å². The second-order valence-electron chi connectivity index (χ2n) is 3.85. The summed E-state index contributed by atoms with van der Waals surface area (Å²) in [6, 6.07) is 0. The smallest absolute Gasteiger partial charge is 0.0636 e. The molecule has 0 bridgehead atoms. The number of aliphatic hydroxyl groups excluding tert-OH is 1. The number of rotatable bonds is 8. The van der Waals surface area contributed by atoms with Crippen molar-refractivity contribution in [2.24, 2.45) is 5.92 Å². The summed E-state index contributed by atoms with van der Waals surface area (Å²) in [6.07, 6.45) is 0.854. The normalized spacial score (nSPS) is 13.6. The first-order chi connectivity index (χ1) is 6.13. The van der Waals surface area contributed by atoms with Gasteiger partial charge in [0.05, 0.1) is 12.7 Å². The molecule has 0 aliphatic rings. The van der Waals surface area contributed by atoms with Crippen LogP contribution in [0.25, 0.3) is 0 Å². The fraction of sp³-hybridized carbons (Fsp3) is 1.00. The van der Waals surface area contributed by atoms with Crippen molar-refractivity contribution < 1.29 is 9.84 Å². The van der Waals surface area contributed by atoms with Crippen LogP contribution in [-0.4, -0.2) is 37.5 Å². The number of hydrogen-bond donors (Lipinski definition) is 2. The van der Waals surface area contributed by atoms with Gasteiger partial charge in [-0.2, -0.15) is 0 Å². The van der Waals surface area contributed by atoms with E-state index in [4.69, 9.17) is 9.84 Å². The Morgan fingerprint density at radius 2 is 1.92 bits per heavy atom. The van der Waals surface area contributed by atoms with Crippen LogP contribution in [0.5, 0.6) is 0 Å². The van der Waals surface area contributed by atoms with Crippen LogP contribution in [0.4, 0.5) is 0 Å². The number of ether oxygens (including phenoxy) is 1. The minimum Gasteiger partial charge on any atom is -0.392 e. The Morgan fingerprint density at radius 3 is 2.46 bits per heavy atom. The maximum Gasteiger partial charge on any atom is 0.0636 e. The molecule has 1 unspecified atom stereocenters. The highest BCUT2D eigenvalue weighted by molar-refractivity contribution is 4.51. The summed E-state index contributed by atoms with van der Waals surface area (Å²) in [7, 11) is 0. The molecule has 0 aliphatic carbocycles. The third kappa shape index (κ3) is 11.9. The van der Waals surface area contributed by atoms with E-state index in [1.807, 2.05) is 0 Å². The summed E-state index contributed by atoms with van der Waals surface area (Å²) in [5, 5.41) is 12.0. The SMILES string of the molecule is CC(C)CCOCCNCC(C)O. The molecule has 0 amide bonds. The summed E-state index contributed by atoms with van der Waals surface area (Å²) in [5.74, 6) is 0.713. The van der Waals surface area contributed by atoms with E-state index < -0.39 is 0 Å². The summed E-state index contributed by atoms with van der Waals surface area (Å²) >= 11 is 0. The molecule has 13 heavy (non-hydrogen) atoms. The Morgan fingerprint density at radius 1 is 1.23 bits per heavy atom. The van der Waals surface area contributed by atoms with E-state index in [0.29, 0.717) is 12.5 Å². The Kier molecular flexibility index (Phi) is 8.40. The molecule has 80 valence electrons. The van der Waals surface area contributed by atoms with Gasteiger partial charge in [-0.1, -0.05) is 13.8 Å². The molecule has 0 saturated carbocycles. The standard InChI is InChI=1S/C10H23NO2/c1-9(2)4-6-13-7-5-11-8-10(3)12/h9-12H,4-8H2,1-3H3. The lowest BCUT2D eigenvalue weighted by molar-refractivity contribution is 0.121. The molecule has 2 N–H and O–H groups in total. The van der Waals surface area contributed by atoms with Crippen LogP contribution in [0.2, 0.25) is 0 Å². The molecule has 0 fully saturated rings. The van der Waals surface area contributed by atoms with E-state index in [-0.39, 0.29) is 6.10 Å². The molecule has 3 heteroatoms. The van der Waals surface area contributed by atoms with Crippen molar-refractivity contribution in [1.82, 2.24) is 5.32 Å². The summed E-state index contributed by atoms with van der Waals surface area (Å²) in [4.78, 5) is 0. The molecule has 3 nitrogen and oxygen atoms in total. The molecular formula is C10H23NO2. The monoisotopic (exact) mass is 189 g/mol. The quantitative estimate of drug-likeness (QED) is 0.560. The van der Waals surface area contributed by atoms with Gasteiger partial charge in [-0.25, -0.2) is 0 Å². The second kappa shape index (κ2) is 8.48. The van der Waals surface area contributed by atoms with Crippen LogP contribution in [0.3, 0.4) is 0 Å². The zero-order valence-electron chi connectivity index (χ0n) is 9.05. The first-order valence-electron chi connectivity index (χ1n) is 5.09. The number of aliphatic hydroxyl groups is 1. The third-order valence-electron chi connectivity index (χ3n) is 1.70. The highest BCUT2D eigenvalue weighted by atomic mass is 16.5. The van der Waals surface area contributed by atoms with E-state index in [0.717, 1.165) is 26.2 Å². The van der Waals surface area contributed by atoms with Crippen molar-refractivity contribution in [2.75, 3.05) is 26.3 Å². The van der Waals surface area contributed by atoms with Gasteiger partial charge in [-0.15, -0.1) is 0 Å². The summed E-state index contributed by atoms with van der Waals surface area (Å²) in [5.41, 5.74) is 0. The van der Waals surface area contributed by atoms with Gasteiger partial charge in [0.25, 0.3) is 0 Å². The molecule has 0 saturated heterocycles. The highest BCUT2D eigenvalue weighted by Crippen LogP contribution is 1.98. The van der Waals surface area contributed by atoms with Gasteiger partial charge < -0.3 is 15.2 Å². The predicted molar refractivity (Wildman–Crippen MR) is 54.8 cm³/mol. The van der Waals surface area contributed by atoms with Gasteiger partial charge in [0.1, 0.15) is 0 Å². The second-order valence-corrected chi connectivity index (χ2v) is 3.85. The Hall–Kier alpha value is -0.120. The topological polar surface area (TPSA) is 41.5 Å². The lowest BCUT2D eigenvalue weighted by Crippen LogP contribution is -2.27. The van der Waals surface area contributed by atoms with Crippen molar-refractivity contribution in [3.63, 3.8) is 0 Å². The Labute approximate surface area is 81.5 Å². The molecule has 0 radical (unpaired) electrons. The zero-order chi connectivity index (χ0) is 10.1. The van der Waals surface area contributed by atoms with E-state index >= 15 is 0 Å². The van der Waals surface area contributed by atoms with Crippen molar-refractivity contribution in [2.45, 2.75) is 33.3 Å². The third-order valence-corrected chi connectivity index (χ3v) is 1.70. The number of hydrogen-bond acceptors (Lipinski definition) is 3. The van der Waals surface area contributed by atoms with Crippen molar-refractivity contribution >= 4 is 0 Å². The molecule has 0 rings (SSSR count). The molecule has 1 atom stereocenters. The summed E-state index contributed by atoms with van der Waals surface area (Å²) in [6.45, 7) is 9.20. The van der Waals surface area contributed by atoms with Gasteiger partial charge in [0.15, 0.2) is 0 Å². The van der Waals surface area contributed by atoms with Gasteiger partial charge in [0, 0.05) is 19.7 Å². The van der Waals surface area contributed by atoms with E-state index in [1.165, 1.54) is 0 Å². The maximum atomic E-state index is 8.92. The van der Waals surface area contributed by atoms with E-state index in [1.54, 1.807) is 6.92 Å². The van der Waals surface area contributed by atoms with Gasteiger partial charge in [-0.3, -0.25) is 0 Å². The van der Waals surface area contributed by atoms with Crippen LogP contribution >= 0.6 is 0 Å². The molecule has 0 aromatic heterocycles. The maximum absolute atomic E-state index is 8.92. The average Bonchev–Trinajstić information content (AvgIpc) is 2.01. The molecule has 0 aromatic rings. The number of nitrogens with one attached hydrogen (secondary N) is 1. The lowest BCUT2D eigenvalue weighted by atomic mass is 10.1. The largest absolute Gasteiger partial charge is 0.392 e. The van der Waals surface area contributed by atoms with Crippen molar-refractivity contribution in [3.05, 3.63) is 0 Å². The minimum absolute atomic E-state index is 0.268. The van der Waals surface area contributed by atoms with E-state index in [2.05, 4.69) is 19.2 Å². The molecule has 0 aromatic carbocycles. The summed E-state index contributed by atoms with van der Waals surface area (Å²) < 4.78 is 5.38. The highest BCUT2D eigenvalue weighted by Gasteiger charge is 1.95. The van der Waals surface area contributed by atoms with Crippen LogP contribution in [0, 0.1) is 5.92 Å². The van der Waals surface area contributed by atoms with Gasteiger partial charge >= 0.3 is 0 Å². The fourth-order valence-corrected chi connectivity index (χ4v) is 0.876. The molecule has 0 aliphatic heterocycles. The average molecular weight is 189 g/mol. The zero-order valence-corrected chi connectivity index (χ0v) is 9.05. The predicted octanol–water partition coefficient (Wildman–Crippen LogP) is 1.02. The van der Waals surface area contributed by atoms with E-state index in [9.17, 15) is 0 Å². The molecular weight excluding hydrogens is 166 g/mol. The van der Waals surface area contributed by atoms with Crippen LogP contribution in [-0.2, 0) is 4.74 Å². The Bertz CT molecular complexity index is 93.1. The fourth-order valence-electron chi connectivity index (χ4n) is 0.876. The van der Waals surface area contributed by atoms with Gasteiger partial charge in [0.2, 0.25) is 0 Å². The van der Waals surface area contributed by atoms with Gasteiger partial charge in [-0.05, 0) is 19.3 Å². The molecule has 0 heterocycles. The van der Waals surface area contributed by atoms with Crippen LogP contribution < -0.4 is 5.32 Å².